The van der Waals surface area contributed by atoms with Gasteiger partial charge >= 0.3 is 0 Å². The highest BCUT2D eigenvalue weighted by Gasteiger charge is 2.16. The summed E-state index contributed by atoms with van der Waals surface area (Å²) < 4.78 is 1.87. The molecular formula is C12H24N4O. The standard InChI is InChI=1S/C12H24N4O/c1-9(8-17)10(2)13-6-11-7-16(15-14-11)12(3,4)5/h7,9-10,13,17H,6,8H2,1-5H3. The zero-order valence-corrected chi connectivity index (χ0v) is 11.4. The van der Waals surface area contributed by atoms with Crippen LogP contribution in [0.25, 0.3) is 0 Å². The Morgan fingerprint density at radius 1 is 1.41 bits per heavy atom. The molecule has 0 aromatic carbocycles. The van der Waals surface area contributed by atoms with Crippen LogP contribution in [0.3, 0.4) is 0 Å². The topological polar surface area (TPSA) is 63.0 Å². The van der Waals surface area contributed by atoms with Gasteiger partial charge in [-0.05, 0) is 33.6 Å². The monoisotopic (exact) mass is 240 g/mol. The lowest BCUT2D eigenvalue weighted by Gasteiger charge is -2.19. The SMILES string of the molecule is CC(CO)C(C)NCc1cn(C(C)(C)C)nn1. The highest BCUT2D eigenvalue weighted by atomic mass is 16.3. The molecule has 0 radical (unpaired) electrons. The molecule has 2 atom stereocenters. The number of nitrogens with one attached hydrogen (secondary N) is 1. The van der Waals surface area contributed by atoms with E-state index in [0.29, 0.717) is 6.54 Å². The van der Waals surface area contributed by atoms with Crippen LogP contribution in [0.15, 0.2) is 6.20 Å². The van der Waals surface area contributed by atoms with Gasteiger partial charge in [-0.15, -0.1) is 5.10 Å². The summed E-state index contributed by atoms with van der Waals surface area (Å²) in [5.74, 6) is 0.243. The first kappa shape index (κ1) is 14.1. The predicted molar refractivity (Wildman–Crippen MR) is 67.6 cm³/mol. The molecule has 0 saturated carbocycles. The van der Waals surface area contributed by atoms with Crippen molar-refractivity contribution in [2.75, 3.05) is 6.61 Å². The van der Waals surface area contributed by atoms with Gasteiger partial charge in [0.25, 0.3) is 0 Å². The zero-order valence-electron chi connectivity index (χ0n) is 11.4. The lowest BCUT2D eigenvalue weighted by atomic mass is 10.1. The molecule has 1 heterocycles. The van der Waals surface area contributed by atoms with Gasteiger partial charge in [0.05, 0.1) is 17.4 Å². The van der Waals surface area contributed by atoms with Crippen LogP contribution < -0.4 is 5.32 Å². The molecule has 0 bridgehead atoms. The molecule has 2 N–H and O–H groups in total. The smallest absolute Gasteiger partial charge is 0.0965 e. The first-order chi connectivity index (χ1) is 7.84. The molecule has 0 amide bonds. The first-order valence-electron chi connectivity index (χ1n) is 6.10. The van der Waals surface area contributed by atoms with Gasteiger partial charge < -0.3 is 10.4 Å². The number of rotatable bonds is 5. The first-order valence-corrected chi connectivity index (χ1v) is 6.10. The maximum atomic E-state index is 9.04. The van der Waals surface area contributed by atoms with Gasteiger partial charge in [0, 0.05) is 19.2 Å². The van der Waals surface area contributed by atoms with Crippen LogP contribution in [-0.4, -0.2) is 32.7 Å². The van der Waals surface area contributed by atoms with Crippen molar-refractivity contribution in [3.05, 3.63) is 11.9 Å². The fraction of sp³-hybridized carbons (Fsp3) is 0.833. The minimum absolute atomic E-state index is 0.0325. The van der Waals surface area contributed by atoms with Crippen LogP contribution in [0.2, 0.25) is 0 Å². The average Bonchev–Trinajstić information content (AvgIpc) is 2.72. The van der Waals surface area contributed by atoms with Crippen molar-refractivity contribution in [2.24, 2.45) is 5.92 Å². The average molecular weight is 240 g/mol. The molecule has 5 heteroatoms. The third-order valence-electron chi connectivity index (χ3n) is 2.97. The van der Waals surface area contributed by atoms with Crippen molar-refractivity contribution < 1.29 is 5.11 Å². The molecule has 2 unspecified atom stereocenters. The Kier molecular flexibility index (Phi) is 4.65. The summed E-state index contributed by atoms with van der Waals surface area (Å²) in [5, 5.41) is 20.6. The Morgan fingerprint density at radius 2 is 2.06 bits per heavy atom. The normalized spacial score (nSPS) is 15.9. The molecule has 1 aromatic rings. The van der Waals surface area contributed by atoms with Gasteiger partial charge in [-0.25, -0.2) is 4.68 Å². The van der Waals surface area contributed by atoms with Gasteiger partial charge in [-0.1, -0.05) is 12.1 Å². The van der Waals surface area contributed by atoms with Crippen molar-refractivity contribution in [1.82, 2.24) is 20.3 Å². The van der Waals surface area contributed by atoms with E-state index in [1.165, 1.54) is 0 Å². The van der Waals surface area contributed by atoms with Gasteiger partial charge in [-0.2, -0.15) is 0 Å². The summed E-state index contributed by atoms with van der Waals surface area (Å²) >= 11 is 0. The number of aromatic nitrogens is 3. The van der Waals surface area contributed by atoms with E-state index >= 15 is 0 Å². The van der Waals surface area contributed by atoms with E-state index in [9.17, 15) is 0 Å². The van der Waals surface area contributed by atoms with E-state index in [-0.39, 0.29) is 24.1 Å². The van der Waals surface area contributed by atoms with Crippen LogP contribution >= 0.6 is 0 Å². The summed E-state index contributed by atoms with van der Waals surface area (Å²) in [5.41, 5.74) is 0.895. The number of aliphatic hydroxyl groups excluding tert-OH is 1. The molecule has 1 aromatic heterocycles. The molecule has 98 valence electrons. The molecular weight excluding hydrogens is 216 g/mol. The molecule has 0 aliphatic carbocycles. The van der Waals surface area contributed by atoms with Crippen molar-refractivity contribution in [3.8, 4) is 0 Å². The second-order valence-corrected chi connectivity index (χ2v) is 5.65. The third-order valence-corrected chi connectivity index (χ3v) is 2.97. The highest BCUT2D eigenvalue weighted by Crippen LogP contribution is 2.11. The molecule has 17 heavy (non-hydrogen) atoms. The fourth-order valence-electron chi connectivity index (χ4n) is 1.33. The third kappa shape index (κ3) is 4.09. The lowest BCUT2D eigenvalue weighted by molar-refractivity contribution is 0.206. The van der Waals surface area contributed by atoms with E-state index in [2.05, 4.69) is 43.3 Å². The van der Waals surface area contributed by atoms with E-state index in [1.807, 2.05) is 17.8 Å². The van der Waals surface area contributed by atoms with Crippen LogP contribution in [-0.2, 0) is 12.1 Å². The molecule has 0 spiro atoms. The van der Waals surface area contributed by atoms with Gasteiger partial charge in [0.15, 0.2) is 0 Å². The van der Waals surface area contributed by atoms with Crippen molar-refractivity contribution in [1.29, 1.82) is 0 Å². The van der Waals surface area contributed by atoms with E-state index in [1.54, 1.807) is 0 Å². The largest absolute Gasteiger partial charge is 0.396 e. The van der Waals surface area contributed by atoms with Gasteiger partial charge in [0.2, 0.25) is 0 Å². The Bertz CT molecular complexity index is 343. The molecule has 5 nitrogen and oxygen atoms in total. The molecule has 0 aliphatic heterocycles. The summed E-state index contributed by atoms with van der Waals surface area (Å²) in [6.45, 7) is 11.2. The van der Waals surface area contributed by atoms with Crippen LogP contribution in [0.5, 0.6) is 0 Å². The second kappa shape index (κ2) is 5.60. The number of hydrogen-bond acceptors (Lipinski definition) is 4. The van der Waals surface area contributed by atoms with E-state index in [4.69, 9.17) is 5.11 Å². The minimum atomic E-state index is -0.0325. The Labute approximate surface area is 103 Å². The van der Waals surface area contributed by atoms with E-state index < -0.39 is 0 Å². The van der Waals surface area contributed by atoms with Crippen LogP contribution in [0.1, 0.15) is 40.3 Å². The van der Waals surface area contributed by atoms with Gasteiger partial charge in [0.1, 0.15) is 0 Å². The van der Waals surface area contributed by atoms with Gasteiger partial charge in [-0.3, -0.25) is 0 Å². The van der Waals surface area contributed by atoms with Crippen molar-refractivity contribution in [2.45, 2.75) is 52.7 Å². The van der Waals surface area contributed by atoms with Crippen molar-refractivity contribution in [3.63, 3.8) is 0 Å². The highest BCUT2D eigenvalue weighted by molar-refractivity contribution is 4.94. The molecule has 1 rings (SSSR count). The maximum absolute atomic E-state index is 9.04. The minimum Gasteiger partial charge on any atom is -0.396 e. The molecule has 0 saturated heterocycles. The summed E-state index contributed by atoms with van der Waals surface area (Å²) in [7, 11) is 0. The number of hydrogen-bond donors (Lipinski definition) is 2. The summed E-state index contributed by atoms with van der Waals surface area (Å²) in [6, 6.07) is 0.264. The number of nitrogens with zero attached hydrogens (tertiary/aromatic N) is 3. The Balaban J connectivity index is 2.51. The molecule has 0 fully saturated rings. The van der Waals surface area contributed by atoms with Crippen LogP contribution in [0.4, 0.5) is 0 Å². The Hall–Kier alpha value is -0.940. The number of aliphatic hydroxyl groups is 1. The lowest BCUT2D eigenvalue weighted by Crippen LogP contribution is -2.33. The van der Waals surface area contributed by atoms with E-state index in [0.717, 1.165) is 5.69 Å². The summed E-state index contributed by atoms with van der Waals surface area (Å²) in [4.78, 5) is 0. The van der Waals surface area contributed by atoms with Crippen molar-refractivity contribution >= 4 is 0 Å². The summed E-state index contributed by atoms with van der Waals surface area (Å²) in [6.07, 6.45) is 1.96. The molecule has 0 aliphatic rings. The predicted octanol–water partition coefficient (Wildman–Crippen LogP) is 1.14. The zero-order chi connectivity index (χ0) is 13.1. The fourth-order valence-corrected chi connectivity index (χ4v) is 1.33. The van der Waals surface area contributed by atoms with Crippen LogP contribution in [0, 0.1) is 5.92 Å². The second-order valence-electron chi connectivity index (χ2n) is 5.65. The quantitative estimate of drug-likeness (QED) is 0.810. The Morgan fingerprint density at radius 3 is 2.53 bits per heavy atom. The maximum Gasteiger partial charge on any atom is 0.0965 e.